The normalized spacial score (nSPS) is 15.9. The molecular formula is C16H19N3O4S2. The molecule has 1 saturated heterocycles. The number of nitrogens with zero attached hydrogens (tertiary/aromatic N) is 2. The molecule has 25 heavy (non-hydrogen) atoms. The maximum atomic E-state index is 12.8. The number of hydrogen-bond acceptors (Lipinski definition) is 6. The lowest BCUT2D eigenvalue weighted by atomic mass is 10.3. The number of carbonyl (C=O) groups excluding carboxylic acids is 1. The summed E-state index contributed by atoms with van der Waals surface area (Å²) < 4.78 is 32.1. The summed E-state index contributed by atoms with van der Waals surface area (Å²) in [6.45, 7) is 3.51. The Morgan fingerprint density at radius 1 is 1.40 bits per heavy atom. The molecule has 0 aromatic carbocycles. The number of thiophene rings is 1. The Balaban J connectivity index is 1.74. The van der Waals surface area contributed by atoms with Crippen LogP contribution in [0.2, 0.25) is 0 Å². The lowest BCUT2D eigenvalue weighted by molar-refractivity contribution is 0.0730. The van der Waals surface area contributed by atoms with Crippen molar-refractivity contribution < 1.29 is 17.9 Å². The molecular weight excluding hydrogens is 362 g/mol. The summed E-state index contributed by atoms with van der Waals surface area (Å²) in [6, 6.07) is 5.12. The van der Waals surface area contributed by atoms with Crippen LogP contribution in [0.1, 0.15) is 20.1 Å². The highest BCUT2D eigenvalue weighted by Gasteiger charge is 2.30. The van der Waals surface area contributed by atoms with Crippen LogP contribution in [0.5, 0.6) is 0 Å². The number of nitrogens with one attached hydrogen (secondary N) is 1. The first-order chi connectivity index (χ1) is 12.0. The minimum absolute atomic E-state index is 0.200. The third-order valence-corrected chi connectivity index (χ3v) is 7.06. The van der Waals surface area contributed by atoms with Gasteiger partial charge in [-0.1, -0.05) is 6.07 Å². The van der Waals surface area contributed by atoms with Crippen molar-refractivity contribution in [1.82, 2.24) is 14.6 Å². The third kappa shape index (κ3) is 4.06. The fourth-order valence-corrected chi connectivity index (χ4v) is 5.42. The minimum atomic E-state index is -3.60. The molecule has 134 valence electrons. The zero-order chi connectivity index (χ0) is 17.9. The summed E-state index contributed by atoms with van der Waals surface area (Å²) in [6.07, 6.45) is 3.34. The Labute approximate surface area is 150 Å². The molecule has 1 fully saturated rings. The molecule has 0 aliphatic carbocycles. The molecule has 2 aromatic heterocycles. The molecule has 9 heteroatoms. The van der Waals surface area contributed by atoms with Gasteiger partial charge >= 0.3 is 0 Å². The maximum Gasteiger partial charge on any atom is 0.261 e. The van der Waals surface area contributed by atoms with Crippen LogP contribution in [-0.2, 0) is 21.3 Å². The van der Waals surface area contributed by atoms with E-state index in [-0.39, 0.29) is 10.8 Å². The van der Waals surface area contributed by atoms with Crippen molar-refractivity contribution in [3.05, 3.63) is 45.9 Å². The molecule has 3 rings (SSSR count). The smallest absolute Gasteiger partial charge is 0.261 e. The Morgan fingerprint density at radius 2 is 2.16 bits per heavy atom. The quantitative estimate of drug-likeness (QED) is 0.846. The summed E-state index contributed by atoms with van der Waals surface area (Å²) in [5.74, 6) is -0.291. The molecule has 0 bridgehead atoms. The second-order valence-electron chi connectivity index (χ2n) is 5.59. The monoisotopic (exact) mass is 381 g/mol. The SMILES string of the molecule is Cc1sc(C(=O)NCc2cccnc2)cc1S(=O)(=O)N1CCOCC1. The highest BCUT2D eigenvalue weighted by Crippen LogP contribution is 2.28. The number of hydrogen-bond donors (Lipinski definition) is 1. The van der Waals surface area contributed by atoms with Gasteiger partial charge in [0.05, 0.1) is 23.0 Å². The Kier molecular flexibility index (Phi) is 5.48. The third-order valence-electron chi connectivity index (χ3n) is 3.86. The van der Waals surface area contributed by atoms with Gasteiger partial charge in [0.2, 0.25) is 10.0 Å². The number of rotatable bonds is 5. The molecule has 1 amide bonds. The number of aryl methyl sites for hydroxylation is 1. The molecule has 1 aliphatic rings. The lowest BCUT2D eigenvalue weighted by Crippen LogP contribution is -2.40. The standard InChI is InChI=1S/C16H19N3O4S2/c1-12-15(25(21,22)19-5-7-23-8-6-19)9-14(24-12)16(20)18-11-13-3-2-4-17-10-13/h2-4,9-10H,5-8,11H2,1H3,(H,18,20). The van der Waals surface area contributed by atoms with Gasteiger partial charge in [-0.2, -0.15) is 4.31 Å². The molecule has 0 atom stereocenters. The van der Waals surface area contributed by atoms with Crippen molar-refractivity contribution >= 4 is 27.3 Å². The molecule has 1 N–H and O–H groups in total. The van der Waals surface area contributed by atoms with Crippen LogP contribution in [-0.4, -0.2) is 49.9 Å². The Morgan fingerprint density at radius 3 is 2.84 bits per heavy atom. The van der Waals surface area contributed by atoms with E-state index in [1.807, 2.05) is 6.07 Å². The summed E-state index contributed by atoms with van der Waals surface area (Å²) in [5, 5.41) is 2.79. The molecule has 0 saturated carbocycles. The minimum Gasteiger partial charge on any atom is -0.379 e. The van der Waals surface area contributed by atoms with E-state index >= 15 is 0 Å². The average molecular weight is 381 g/mol. The molecule has 0 radical (unpaired) electrons. The second kappa shape index (κ2) is 7.61. The maximum absolute atomic E-state index is 12.8. The molecule has 1 aliphatic heterocycles. The van der Waals surface area contributed by atoms with Crippen LogP contribution in [0.15, 0.2) is 35.5 Å². The first-order valence-electron chi connectivity index (χ1n) is 7.84. The zero-order valence-corrected chi connectivity index (χ0v) is 15.4. The summed E-state index contributed by atoms with van der Waals surface area (Å²) in [5.41, 5.74) is 0.880. The highest BCUT2D eigenvalue weighted by atomic mass is 32.2. The van der Waals surface area contributed by atoms with E-state index in [2.05, 4.69) is 10.3 Å². The van der Waals surface area contributed by atoms with Gasteiger partial charge in [0.15, 0.2) is 0 Å². The number of carbonyl (C=O) groups is 1. The van der Waals surface area contributed by atoms with Crippen molar-refractivity contribution in [1.29, 1.82) is 0 Å². The molecule has 7 nitrogen and oxygen atoms in total. The molecule has 0 unspecified atom stereocenters. The van der Waals surface area contributed by atoms with Crippen LogP contribution >= 0.6 is 11.3 Å². The zero-order valence-electron chi connectivity index (χ0n) is 13.8. The van der Waals surface area contributed by atoms with Crippen molar-refractivity contribution in [3.8, 4) is 0 Å². The molecule has 0 spiro atoms. The average Bonchev–Trinajstić information content (AvgIpc) is 3.04. The van der Waals surface area contributed by atoms with E-state index in [9.17, 15) is 13.2 Å². The topological polar surface area (TPSA) is 88.6 Å². The van der Waals surface area contributed by atoms with Gasteiger partial charge in [-0.3, -0.25) is 9.78 Å². The number of aromatic nitrogens is 1. The van der Waals surface area contributed by atoms with Gasteiger partial charge < -0.3 is 10.1 Å². The number of amides is 1. The number of morpholine rings is 1. The van der Waals surface area contributed by atoms with Crippen LogP contribution in [0.25, 0.3) is 0 Å². The highest BCUT2D eigenvalue weighted by molar-refractivity contribution is 7.89. The van der Waals surface area contributed by atoms with Crippen molar-refractivity contribution in [2.24, 2.45) is 0 Å². The first-order valence-corrected chi connectivity index (χ1v) is 10.1. The lowest BCUT2D eigenvalue weighted by Gasteiger charge is -2.25. The summed E-state index contributed by atoms with van der Waals surface area (Å²) in [4.78, 5) is 17.5. The van der Waals surface area contributed by atoms with E-state index < -0.39 is 10.0 Å². The Hall–Kier alpha value is -1.81. The van der Waals surface area contributed by atoms with Crippen LogP contribution < -0.4 is 5.32 Å². The van der Waals surface area contributed by atoms with E-state index in [1.165, 1.54) is 21.7 Å². The van der Waals surface area contributed by atoms with E-state index in [0.29, 0.717) is 42.6 Å². The van der Waals surface area contributed by atoms with Crippen LogP contribution in [0.4, 0.5) is 0 Å². The molecule has 3 heterocycles. The van der Waals surface area contributed by atoms with Crippen molar-refractivity contribution in [3.63, 3.8) is 0 Å². The summed E-state index contributed by atoms with van der Waals surface area (Å²) >= 11 is 1.18. The fraction of sp³-hybridized carbons (Fsp3) is 0.375. The van der Waals surface area contributed by atoms with Gasteiger partial charge in [-0.25, -0.2) is 8.42 Å². The van der Waals surface area contributed by atoms with Gasteiger partial charge in [0, 0.05) is 36.9 Å². The van der Waals surface area contributed by atoms with Gasteiger partial charge in [0.1, 0.15) is 0 Å². The Bertz CT molecular complexity index is 844. The van der Waals surface area contributed by atoms with Crippen LogP contribution in [0, 0.1) is 6.92 Å². The number of pyridine rings is 1. The van der Waals surface area contributed by atoms with E-state index in [4.69, 9.17) is 4.74 Å². The second-order valence-corrected chi connectivity index (χ2v) is 8.75. The van der Waals surface area contributed by atoms with Gasteiger partial charge in [0.25, 0.3) is 5.91 Å². The van der Waals surface area contributed by atoms with Gasteiger partial charge in [-0.05, 0) is 24.6 Å². The van der Waals surface area contributed by atoms with Crippen molar-refractivity contribution in [2.75, 3.05) is 26.3 Å². The summed E-state index contributed by atoms with van der Waals surface area (Å²) in [7, 11) is -3.60. The van der Waals surface area contributed by atoms with Gasteiger partial charge in [-0.15, -0.1) is 11.3 Å². The largest absolute Gasteiger partial charge is 0.379 e. The number of ether oxygens (including phenoxy) is 1. The van der Waals surface area contributed by atoms with E-state index in [0.717, 1.165) is 5.56 Å². The van der Waals surface area contributed by atoms with E-state index in [1.54, 1.807) is 25.4 Å². The predicted octanol–water partition coefficient (Wildman–Crippen LogP) is 1.40. The molecule has 2 aromatic rings. The predicted molar refractivity (Wildman–Crippen MR) is 94.0 cm³/mol. The van der Waals surface area contributed by atoms with Crippen molar-refractivity contribution in [2.45, 2.75) is 18.4 Å². The first kappa shape index (κ1) is 18.0. The number of sulfonamides is 1. The van der Waals surface area contributed by atoms with Crippen LogP contribution in [0.3, 0.4) is 0 Å². The fourth-order valence-electron chi connectivity index (χ4n) is 2.53.